The van der Waals surface area contributed by atoms with E-state index in [0.717, 1.165) is 7.11 Å². The molecule has 0 fully saturated rings. The third-order valence-corrected chi connectivity index (χ3v) is 2.02. The van der Waals surface area contributed by atoms with Gasteiger partial charge in [-0.15, -0.1) is 0 Å². The zero-order valence-corrected chi connectivity index (χ0v) is 9.35. The van der Waals surface area contributed by atoms with Crippen molar-refractivity contribution in [1.29, 1.82) is 0 Å². The lowest BCUT2D eigenvalue weighted by Gasteiger charge is -2.15. The first-order valence-electron chi connectivity index (χ1n) is 4.71. The molecule has 0 spiro atoms. The van der Waals surface area contributed by atoms with E-state index in [0.29, 0.717) is 0 Å². The van der Waals surface area contributed by atoms with Crippen LogP contribution in [0.1, 0.15) is 0 Å². The highest BCUT2D eigenvalue weighted by molar-refractivity contribution is 5.73. The zero-order chi connectivity index (χ0) is 14.7. The first-order valence-corrected chi connectivity index (χ1v) is 4.71. The predicted octanol–water partition coefficient (Wildman–Crippen LogP) is 1.86. The molecule has 0 amide bonds. The van der Waals surface area contributed by atoms with Crippen molar-refractivity contribution < 1.29 is 41.3 Å². The third-order valence-electron chi connectivity index (χ3n) is 2.02. The number of hydrogen-bond donors (Lipinski definition) is 1. The highest BCUT2D eigenvalue weighted by Crippen LogP contribution is 2.29. The van der Waals surface area contributed by atoms with Gasteiger partial charge in [0.15, 0.2) is 5.75 Å². The summed E-state index contributed by atoms with van der Waals surface area (Å²) in [5, 5.41) is 8.63. The molecule has 1 aromatic carbocycles. The van der Waals surface area contributed by atoms with Crippen LogP contribution in [0.25, 0.3) is 0 Å². The molecule has 4 nitrogen and oxygen atoms in total. The first-order chi connectivity index (χ1) is 8.81. The van der Waals surface area contributed by atoms with Crippen molar-refractivity contribution in [3.05, 3.63) is 29.1 Å². The molecular weight excluding hydrogens is 279 g/mol. The fourth-order valence-electron chi connectivity index (χ4n) is 1.14. The SMILES string of the molecule is COCC(Oc1c(F)c(F)c(F)c(F)c1F)C(=O)O. The number of carboxylic acids is 1. The number of ether oxygens (including phenoxy) is 2. The van der Waals surface area contributed by atoms with Crippen LogP contribution in [0, 0.1) is 29.1 Å². The standard InChI is InChI=1S/C10H7F5O4/c1-18-2-3(10(16)17)19-9-7(14)5(12)4(11)6(13)8(9)15/h3H,2H2,1H3,(H,16,17). The van der Waals surface area contributed by atoms with Gasteiger partial charge < -0.3 is 14.6 Å². The monoisotopic (exact) mass is 286 g/mol. The molecular formula is C10H7F5O4. The lowest BCUT2D eigenvalue weighted by Crippen LogP contribution is -2.32. The molecule has 0 aliphatic heterocycles. The fourth-order valence-corrected chi connectivity index (χ4v) is 1.14. The molecule has 0 saturated carbocycles. The molecule has 1 aromatic rings. The number of carboxylic acid groups (broad SMARTS) is 1. The molecule has 19 heavy (non-hydrogen) atoms. The Hall–Kier alpha value is -1.90. The van der Waals surface area contributed by atoms with Crippen LogP contribution >= 0.6 is 0 Å². The van der Waals surface area contributed by atoms with Crippen LogP contribution in [0.3, 0.4) is 0 Å². The number of halogens is 5. The van der Waals surface area contributed by atoms with Crippen molar-refractivity contribution in [3.63, 3.8) is 0 Å². The third kappa shape index (κ3) is 2.92. The van der Waals surface area contributed by atoms with Crippen molar-refractivity contribution in [2.24, 2.45) is 0 Å². The molecule has 106 valence electrons. The van der Waals surface area contributed by atoms with Crippen molar-refractivity contribution in [3.8, 4) is 5.75 Å². The van der Waals surface area contributed by atoms with Crippen molar-refractivity contribution in [2.45, 2.75) is 6.10 Å². The molecule has 0 aliphatic rings. The summed E-state index contributed by atoms with van der Waals surface area (Å²) >= 11 is 0. The topological polar surface area (TPSA) is 55.8 Å². The zero-order valence-electron chi connectivity index (χ0n) is 9.35. The van der Waals surface area contributed by atoms with Gasteiger partial charge in [-0.3, -0.25) is 0 Å². The second-order valence-corrected chi connectivity index (χ2v) is 3.30. The smallest absolute Gasteiger partial charge is 0.347 e. The molecule has 0 radical (unpaired) electrons. The number of benzene rings is 1. The van der Waals surface area contributed by atoms with Gasteiger partial charge in [-0.05, 0) is 0 Å². The van der Waals surface area contributed by atoms with Gasteiger partial charge in [-0.25, -0.2) is 18.0 Å². The number of aliphatic carboxylic acids is 1. The summed E-state index contributed by atoms with van der Waals surface area (Å²) in [6, 6.07) is 0. The van der Waals surface area contributed by atoms with Crippen LogP contribution in [0.15, 0.2) is 0 Å². The Morgan fingerprint density at radius 1 is 1.05 bits per heavy atom. The number of hydrogen-bond acceptors (Lipinski definition) is 3. The summed E-state index contributed by atoms with van der Waals surface area (Å²) in [5.74, 6) is -14.7. The minimum atomic E-state index is -2.36. The number of rotatable bonds is 5. The normalized spacial score (nSPS) is 12.3. The minimum absolute atomic E-state index is 0.644. The molecule has 0 saturated heterocycles. The highest BCUT2D eigenvalue weighted by Gasteiger charge is 2.30. The summed E-state index contributed by atoms with van der Waals surface area (Å²) in [6.45, 7) is -0.644. The van der Waals surface area contributed by atoms with E-state index in [-0.39, 0.29) is 0 Å². The quantitative estimate of drug-likeness (QED) is 0.510. The molecule has 9 heteroatoms. The Morgan fingerprint density at radius 3 is 1.84 bits per heavy atom. The molecule has 1 atom stereocenters. The number of methoxy groups -OCH3 is 1. The second kappa shape index (κ2) is 5.83. The van der Waals surface area contributed by atoms with Crippen molar-refractivity contribution in [2.75, 3.05) is 13.7 Å². The number of carbonyl (C=O) groups is 1. The summed E-state index contributed by atoms with van der Waals surface area (Å²) in [6.07, 6.45) is -1.92. The van der Waals surface area contributed by atoms with Gasteiger partial charge in [0, 0.05) is 7.11 Å². The maximum Gasteiger partial charge on any atom is 0.347 e. The van der Waals surface area contributed by atoms with Crippen molar-refractivity contribution >= 4 is 5.97 Å². The second-order valence-electron chi connectivity index (χ2n) is 3.30. The van der Waals surface area contributed by atoms with E-state index in [1.165, 1.54) is 0 Å². The summed E-state index contributed by atoms with van der Waals surface area (Å²) in [4.78, 5) is 10.6. The Bertz CT molecular complexity index is 476. The van der Waals surface area contributed by atoms with E-state index in [1.807, 2.05) is 0 Å². The minimum Gasteiger partial charge on any atom is -0.478 e. The molecule has 0 aromatic heterocycles. The average molecular weight is 286 g/mol. The average Bonchev–Trinajstić information content (AvgIpc) is 2.37. The predicted molar refractivity (Wildman–Crippen MR) is 50.2 cm³/mol. The van der Waals surface area contributed by atoms with Crippen LogP contribution in [0.2, 0.25) is 0 Å². The molecule has 0 heterocycles. The van der Waals surface area contributed by atoms with Crippen LogP contribution in [0.4, 0.5) is 22.0 Å². The summed E-state index contributed by atoms with van der Waals surface area (Å²) in [5.41, 5.74) is 0. The van der Waals surface area contributed by atoms with Crippen LogP contribution < -0.4 is 4.74 Å². The Kier molecular flexibility index (Phi) is 4.65. The maximum absolute atomic E-state index is 13.2. The summed E-state index contributed by atoms with van der Waals surface area (Å²) in [7, 11) is 1.07. The molecule has 0 bridgehead atoms. The van der Waals surface area contributed by atoms with E-state index < -0.39 is 53.5 Å². The van der Waals surface area contributed by atoms with Gasteiger partial charge in [0.1, 0.15) is 0 Å². The van der Waals surface area contributed by atoms with Gasteiger partial charge >= 0.3 is 5.97 Å². The van der Waals surface area contributed by atoms with Crippen LogP contribution in [-0.4, -0.2) is 30.9 Å². The van der Waals surface area contributed by atoms with E-state index >= 15 is 0 Å². The lowest BCUT2D eigenvalue weighted by molar-refractivity contribution is -0.147. The molecule has 0 aliphatic carbocycles. The molecule has 1 unspecified atom stereocenters. The van der Waals surface area contributed by atoms with Crippen LogP contribution in [0.5, 0.6) is 5.75 Å². The fraction of sp³-hybridized carbons (Fsp3) is 0.300. The van der Waals surface area contributed by atoms with Gasteiger partial charge in [0.25, 0.3) is 0 Å². The van der Waals surface area contributed by atoms with Gasteiger partial charge in [0.05, 0.1) is 6.61 Å². The Balaban J connectivity index is 3.24. The maximum atomic E-state index is 13.2. The van der Waals surface area contributed by atoms with E-state index in [1.54, 1.807) is 0 Å². The Morgan fingerprint density at radius 2 is 1.47 bits per heavy atom. The van der Waals surface area contributed by atoms with Crippen LogP contribution in [-0.2, 0) is 9.53 Å². The highest BCUT2D eigenvalue weighted by atomic mass is 19.2. The van der Waals surface area contributed by atoms with E-state index in [4.69, 9.17) is 5.11 Å². The van der Waals surface area contributed by atoms with Gasteiger partial charge in [-0.1, -0.05) is 0 Å². The first kappa shape index (κ1) is 15.2. The molecule has 1 rings (SSSR count). The van der Waals surface area contributed by atoms with E-state index in [9.17, 15) is 26.7 Å². The van der Waals surface area contributed by atoms with Gasteiger partial charge in [0.2, 0.25) is 35.2 Å². The summed E-state index contributed by atoms with van der Waals surface area (Å²) < 4.78 is 73.4. The largest absolute Gasteiger partial charge is 0.478 e. The van der Waals surface area contributed by atoms with E-state index in [2.05, 4.69) is 9.47 Å². The lowest BCUT2D eigenvalue weighted by atomic mass is 10.2. The van der Waals surface area contributed by atoms with Crippen molar-refractivity contribution in [1.82, 2.24) is 0 Å². The molecule has 1 N–H and O–H groups in total. The van der Waals surface area contributed by atoms with Gasteiger partial charge in [-0.2, -0.15) is 8.78 Å². The Labute approximate surface area is 103 Å².